The van der Waals surface area contributed by atoms with Gasteiger partial charge >= 0.3 is 0 Å². The van der Waals surface area contributed by atoms with Crippen molar-refractivity contribution in [2.75, 3.05) is 13.7 Å². The molecule has 0 aliphatic heterocycles. The summed E-state index contributed by atoms with van der Waals surface area (Å²) >= 11 is 0. The van der Waals surface area contributed by atoms with Crippen molar-refractivity contribution in [2.45, 2.75) is 12.6 Å². The molecule has 0 spiro atoms. The minimum Gasteiger partial charge on any atom is -0.389 e. The van der Waals surface area contributed by atoms with Gasteiger partial charge in [-0.2, -0.15) is 5.10 Å². The Labute approximate surface area is 64.6 Å². The van der Waals surface area contributed by atoms with E-state index in [9.17, 15) is 5.11 Å². The molecule has 0 aliphatic rings. The molecule has 0 aliphatic carbocycles. The van der Waals surface area contributed by atoms with Crippen molar-refractivity contribution in [1.29, 1.82) is 0 Å². The molecule has 5 nitrogen and oxygen atoms in total. The highest BCUT2D eigenvalue weighted by molar-refractivity contribution is 4.60. The Morgan fingerprint density at radius 3 is 3.09 bits per heavy atom. The van der Waals surface area contributed by atoms with E-state index in [2.05, 4.69) is 10.1 Å². The monoisotopic (exact) mass is 157 g/mol. The molecule has 11 heavy (non-hydrogen) atoms. The van der Waals surface area contributed by atoms with Crippen LogP contribution in [-0.2, 0) is 11.3 Å². The topological polar surface area (TPSA) is 60.2 Å². The van der Waals surface area contributed by atoms with Crippen LogP contribution in [0.4, 0.5) is 0 Å². The summed E-state index contributed by atoms with van der Waals surface area (Å²) in [5.74, 6) is 0. The summed E-state index contributed by atoms with van der Waals surface area (Å²) in [4.78, 5) is 3.74. The minimum atomic E-state index is -0.512. The average Bonchev–Trinajstić information content (AvgIpc) is 2.40. The van der Waals surface area contributed by atoms with Crippen LogP contribution >= 0.6 is 0 Å². The Bertz CT molecular complexity index is 188. The second-order valence-electron chi connectivity index (χ2n) is 2.23. The lowest BCUT2D eigenvalue weighted by Crippen LogP contribution is -2.21. The molecule has 0 radical (unpaired) electrons. The van der Waals surface area contributed by atoms with E-state index in [0.29, 0.717) is 13.2 Å². The van der Waals surface area contributed by atoms with Gasteiger partial charge in [-0.3, -0.25) is 4.68 Å². The summed E-state index contributed by atoms with van der Waals surface area (Å²) in [6.07, 6.45) is 2.47. The van der Waals surface area contributed by atoms with E-state index >= 15 is 0 Å². The fourth-order valence-corrected chi connectivity index (χ4v) is 0.788. The molecule has 0 saturated heterocycles. The highest BCUT2D eigenvalue weighted by Gasteiger charge is 2.03. The lowest BCUT2D eigenvalue weighted by molar-refractivity contribution is 0.0513. The minimum absolute atomic E-state index is 0.319. The Morgan fingerprint density at radius 1 is 1.73 bits per heavy atom. The van der Waals surface area contributed by atoms with Crippen LogP contribution in [0.5, 0.6) is 0 Å². The molecule has 1 N–H and O–H groups in total. The normalized spacial score (nSPS) is 13.3. The van der Waals surface area contributed by atoms with Gasteiger partial charge in [0.05, 0.1) is 19.3 Å². The third-order valence-electron chi connectivity index (χ3n) is 1.22. The number of rotatable bonds is 4. The predicted octanol–water partition coefficient (Wildman–Crippen LogP) is -0.715. The molecule has 0 fully saturated rings. The van der Waals surface area contributed by atoms with Gasteiger partial charge in [0.1, 0.15) is 12.7 Å². The zero-order valence-electron chi connectivity index (χ0n) is 6.34. The molecule has 1 heterocycles. The second-order valence-corrected chi connectivity index (χ2v) is 2.23. The van der Waals surface area contributed by atoms with E-state index in [0.717, 1.165) is 0 Å². The lowest BCUT2D eigenvalue weighted by Gasteiger charge is -2.07. The van der Waals surface area contributed by atoms with E-state index in [4.69, 9.17) is 4.74 Å². The Morgan fingerprint density at radius 2 is 2.55 bits per heavy atom. The van der Waals surface area contributed by atoms with Crippen molar-refractivity contribution < 1.29 is 9.84 Å². The van der Waals surface area contributed by atoms with E-state index < -0.39 is 6.10 Å². The number of hydrogen-bond donors (Lipinski definition) is 1. The number of methoxy groups -OCH3 is 1. The molecular weight excluding hydrogens is 146 g/mol. The predicted molar refractivity (Wildman–Crippen MR) is 37.9 cm³/mol. The van der Waals surface area contributed by atoms with E-state index in [1.54, 1.807) is 18.1 Å². The molecule has 1 atom stereocenters. The highest BCUT2D eigenvalue weighted by Crippen LogP contribution is 1.88. The number of hydrogen-bond acceptors (Lipinski definition) is 4. The second kappa shape index (κ2) is 4.05. The van der Waals surface area contributed by atoms with Crippen LogP contribution < -0.4 is 0 Å². The van der Waals surface area contributed by atoms with Gasteiger partial charge < -0.3 is 9.84 Å². The average molecular weight is 157 g/mol. The van der Waals surface area contributed by atoms with Gasteiger partial charge in [0.2, 0.25) is 0 Å². The lowest BCUT2D eigenvalue weighted by atomic mass is 10.4. The van der Waals surface area contributed by atoms with Crippen molar-refractivity contribution in [3.63, 3.8) is 0 Å². The summed E-state index contributed by atoms with van der Waals surface area (Å²) in [6.45, 7) is 0.744. The SMILES string of the molecule is COC[C@@H](O)Cn1cncn1. The van der Waals surface area contributed by atoms with Crippen molar-refractivity contribution in [3.05, 3.63) is 12.7 Å². The number of ether oxygens (including phenoxy) is 1. The van der Waals surface area contributed by atoms with Gasteiger partial charge in [-0.25, -0.2) is 4.98 Å². The maximum Gasteiger partial charge on any atom is 0.137 e. The molecule has 0 saturated carbocycles. The number of aromatic nitrogens is 3. The molecule has 0 unspecified atom stereocenters. The summed E-state index contributed by atoms with van der Waals surface area (Å²) in [6, 6.07) is 0. The van der Waals surface area contributed by atoms with Gasteiger partial charge in [0, 0.05) is 7.11 Å². The Balaban J connectivity index is 2.31. The van der Waals surface area contributed by atoms with Crippen LogP contribution in [0.1, 0.15) is 0 Å². The van der Waals surface area contributed by atoms with Crippen LogP contribution in [-0.4, -0.2) is 39.7 Å². The van der Waals surface area contributed by atoms with Crippen molar-refractivity contribution in [2.24, 2.45) is 0 Å². The van der Waals surface area contributed by atoms with Crippen molar-refractivity contribution in [1.82, 2.24) is 14.8 Å². The first-order chi connectivity index (χ1) is 5.33. The fraction of sp³-hybridized carbons (Fsp3) is 0.667. The summed E-state index contributed by atoms with van der Waals surface area (Å²) < 4.78 is 6.30. The van der Waals surface area contributed by atoms with Crippen molar-refractivity contribution >= 4 is 0 Å². The van der Waals surface area contributed by atoms with Crippen LogP contribution in [0.2, 0.25) is 0 Å². The third kappa shape index (κ3) is 2.65. The molecule has 1 rings (SSSR count). The fourth-order valence-electron chi connectivity index (χ4n) is 0.788. The number of nitrogens with zero attached hydrogens (tertiary/aromatic N) is 3. The smallest absolute Gasteiger partial charge is 0.137 e. The van der Waals surface area contributed by atoms with Crippen LogP contribution in [0.25, 0.3) is 0 Å². The van der Waals surface area contributed by atoms with Crippen LogP contribution in [0.15, 0.2) is 12.7 Å². The van der Waals surface area contributed by atoms with E-state index in [1.165, 1.54) is 6.33 Å². The maximum atomic E-state index is 9.21. The molecule has 0 bridgehead atoms. The highest BCUT2D eigenvalue weighted by atomic mass is 16.5. The van der Waals surface area contributed by atoms with Crippen LogP contribution in [0.3, 0.4) is 0 Å². The zero-order chi connectivity index (χ0) is 8.10. The molecular formula is C6H11N3O2. The standard InChI is InChI=1S/C6H11N3O2/c1-11-3-6(10)2-9-5-7-4-8-9/h4-6,10H,2-3H2,1H3/t6-/m0/s1. The number of aliphatic hydroxyl groups excluding tert-OH is 1. The quantitative estimate of drug-likeness (QED) is 0.627. The maximum absolute atomic E-state index is 9.21. The van der Waals surface area contributed by atoms with Gasteiger partial charge in [0.25, 0.3) is 0 Å². The largest absolute Gasteiger partial charge is 0.389 e. The molecule has 62 valence electrons. The first kappa shape index (κ1) is 8.16. The zero-order valence-corrected chi connectivity index (χ0v) is 6.34. The molecule has 1 aromatic heterocycles. The first-order valence-corrected chi connectivity index (χ1v) is 3.32. The Hall–Kier alpha value is -0.940. The van der Waals surface area contributed by atoms with Crippen LogP contribution in [0, 0.1) is 0 Å². The first-order valence-electron chi connectivity index (χ1n) is 3.32. The number of aliphatic hydroxyl groups is 1. The molecule has 1 aromatic rings. The molecule has 0 amide bonds. The Kier molecular flexibility index (Phi) is 3.00. The van der Waals surface area contributed by atoms with Gasteiger partial charge in [-0.1, -0.05) is 0 Å². The van der Waals surface area contributed by atoms with Gasteiger partial charge in [-0.15, -0.1) is 0 Å². The molecule has 5 heteroatoms. The van der Waals surface area contributed by atoms with E-state index in [-0.39, 0.29) is 0 Å². The van der Waals surface area contributed by atoms with Gasteiger partial charge in [0.15, 0.2) is 0 Å². The van der Waals surface area contributed by atoms with Crippen molar-refractivity contribution in [3.8, 4) is 0 Å². The van der Waals surface area contributed by atoms with Gasteiger partial charge in [-0.05, 0) is 0 Å². The summed E-state index contributed by atoms with van der Waals surface area (Å²) in [5, 5.41) is 13.0. The third-order valence-corrected chi connectivity index (χ3v) is 1.22. The summed E-state index contributed by atoms with van der Waals surface area (Å²) in [5.41, 5.74) is 0. The van der Waals surface area contributed by atoms with E-state index in [1.807, 2.05) is 0 Å². The summed E-state index contributed by atoms with van der Waals surface area (Å²) in [7, 11) is 1.55. The molecule has 0 aromatic carbocycles.